The Morgan fingerprint density at radius 1 is 1.27 bits per heavy atom. The van der Waals surface area contributed by atoms with Gasteiger partial charge in [-0.2, -0.15) is 0 Å². The van der Waals surface area contributed by atoms with E-state index in [9.17, 15) is 9.59 Å². The van der Waals surface area contributed by atoms with E-state index in [0.29, 0.717) is 0 Å². The standard InChI is InChI=1S/C9H10N2O4/c10-9(15,8(13)14)11-7(12)6-4-2-1-3-5-6/h1-5,15H,10H2,(H,11,12)(H,13,14). The zero-order valence-electron chi connectivity index (χ0n) is 7.68. The number of amides is 1. The lowest BCUT2D eigenvalue weighted by atomic mass is 10.2. The van der Waals surface area contributed by atoms with Gasteiger partial charge in [0, 0.05) is 5.56 Å². The van der Waals surface area contributed by atoms with Crippen LogP contribution in [0, 0.1) is 0 Å². The maximum atomic E-state index is 11.4. The van der Waals surface area contributed by atoms with Crippen molar-refractivity contribution in [3.8, 4) is 0 Å². The number of aliphatic carboxylic acids is 1. The van der Waals surface area contributed by atoms with Crippen LogP contribution in [0.1, 0.15) is 10.4 Å². The normalized spacial score (nSPS) is 14.0. The molecule has 1 aromatic carbocycles. The van der Waals surface area contributed by atoms with Crippen LogP contribution in [0.15, 0.2) is 30.3 Å². The van der Waals surface area contributed by atoms with Crippen LogP contribution in [0.2, 0.25) is 0 Å². The molecule has 6 nitrogen and oxygen atoms in total. The number of hydrogen-bond acceptors (Lipinski definition) is 4. The lowest BCUT2D eigenvalue weighted by Crippen LogP contribution is -2.61. The summed E-state index contributed by atoms with van der Waals surface area (Å²) in [5, 5.41) is 19.3. The summed E-state index contributed by atoms with van der Waals surface area (Å²) < 4.78 is 0. The molecule has 0 saturated carbocycles. The summed E-state index contributed by atoms with van der Waals surface area (Å²) in [6.07, 6.45) is 0. The number of benzene rings is 1. The molecule has 0 aliphatic heterocycles. The second-order valence-electron chi connectivity index (χ2n) is 2.89. The second kappa shape index (κ2) is 4.07. The maximum Gasteiger partial charge on any atom is 0.373 e. The van der Waals surface area contributed by atoms with E-state index < -0.39 is 17.7 Å². The summed E-state index contributed by atoms with van der Waals surface area (Å²) in [7, 11) is 0. The van der Waals surface area contributed by atoms with Crippen molar-refractivity contribution in [2.24, 2.45) is 5.73 Å². The van der Waals surface area contributed by atoms with Crippen molar-refractivity contribution in [2.75, 3.05) is 0 Å². The molecule has 1 aromatic rings. The summed E-state index contributed by atoms with van der Waals surface area (Å²) in [5.74, 6) is -5.25. The molecule has 0 saturated heterocycles. The summed E-state index contributed by atoms with van der Waals surface area (Å²) >= 11 is 0. The van der Waals surface area contributed by atoms with Gasteiger partial charge in [-0.15, -0.1) is 0 Å². The van der Waals surface area contributed by atoms with E-state index in [-0.39, 0.29) is 5.56 Å². The van der Waals surface area contributed by atoms with Gasteiger partial charge in [-0.25, -0.2) is 4.79 Å². The number of nitrogens with two attached hydrogens (primary N) is 1. The van der Waals surface area contributed by atoms with E-state index in [2.05, 4.69) is 0 Å². The first kappa shape index (κ1) is 11.2. The fraction of sp³-hybridized carbons (Fsp3) is 0.111. The van der Waals surface area contributed by atoms with Crippen molar-refractivity contribution in [1.82, 2.24) is 5.32 Å². The van der Waals surface area contributed by atoms with Gasteiger partial charge in [0.25, 0.3) is 11.8 Å². The molecule has 0 heterocycles. The highest BCUT2D eigenvalue weighted by Gasteiger charge is 2.33. The molecule has 0 fully saturated rings. The number of hydrogen-bond donors (Lipinski definition) is 4. The van der Waals surface area contributed by atoms with Gasteiger partial charge >= 0.3 is 5.97 Å². The van der Waals surface area contributed by atoms with Crippen molar-refractivity contribution < 1.29 is 19.8 Å². The van der Waals surface area contributed by atoms with Gasteiger partial charge < -0.3 is 15.5 Å². The van der Waals surface area contributed by atoms with Gasteiger partial charge in [-0.3, -0.25) is 10.5 Å². The second-order valence-corrected chi connectivity index (χ2v) is 2.89. The predicted molar refractivity (Wildman–Crippen MR) is 50.7 cm³/mol. The lowest BCUT2D eigenvalue weighted by molar-refractivity contribution is -0.160. The van der Waals surface area contributed by atoms with Crippen LogP contribution in [-0.2, 0) is 4.79 Å². The van der Waals surface area contributed by atoms with Crippen LogP contribution in [0.25, 0.3) is 0 Å². The first-order valence-corrected chi connectivity index (χ1v) is 4.05. The van der Waals surface area contributed by atoms with E-state index >= 15 is 0 Å². The van der Waals surface area contributed by atoms with Crippen LogP contribution < -0.4 is 11.1 Å². The number of carboxylic acid groups (broad SMARTS) is 1. The molecular weight excluding hydrogens is 200 g/mol. The molecule has 15 heavy (non-hydrogen) atoms. The van der Waals surface area contributed by atoms with Crippen LogP contribution in [0.4, 0.5) is 0 Å². The number of carbonyl (C=O) groups is 2. The minimum absolute atomic E-state index is 0.211. The third kappa shape index (κ3) is 2.76. The average molecular weight is 210 g/mol. The fourth-order valence-corrected chi connectivity index (χ4v) is 0.888. The number of rotatable bonds is 3. The smallest absolute Gasteiger partial charge is 0.373 e. The van der Waals surface area contributed by atoms with Crippen LogP contribution in [-0.4, -0.2) is 27.9 Å². The molecule has 0 aliphatic carbocycles. The Hall–Kier alpha value is -1.92. The first-order chi connectivity index (χ1) is 6.93. The zero-order valence-corrected chi connectivity index (χ0v) is 7.68. The van der Waals surface area contributed by atoms with Crippen molar-refractivity contribution in [3.63, 3.8) is 0 Å². The van der Waals surface area contributed by atoms with E-state index in [1.54, 1.807) is 23.5 Å². The highest BCUT2D eigenvalue weighted by molar-refractivity contribution is 5.97. The van der Waals surface area contributed by atoms with Gasteiger partial charge in [-0.1, -0.05) is 18.2 Å². The minimum Gasteiger partial charge on any atom is -0.477 e. The molecule has 0 aliphatic rings. The van der Waals surface area contributed by atoms with Gasteiger partial charge in [0.15, 0.2) is 0 Å². The fourth-order valence-electron chi connectivity index (χ4n) is 0.888. The largest absolute Gasteiger partial charge is 0.477 e. The molecule has 1 rings (SSSR count). The average Bonchev–Trinajstić information content (AvgIpc) is 2.18. The van der Waals surface area contributed by atoms with Crippen molar-refractivity contribution in [2.45, 2.75) is 5.85 Å². The number of carbonyl (C=O) groups excluding carboxylic acids is 1. The number of aliphatic hydroxyl groups is 1. The summed E-state index contributed by atoms with van der Waals surface area (Å²) in [6, 6.07) is 7.83. The topological polar surface area (TPSA) is 113 Å². The van der Waals surface area contributed by atoms with Gasteiger partial charge in [0.05, 0.1) is 0 Å². The van der Waals surface area contributed by atoms with Crippen LogP contribution in [0.5, 0.6) is 0 Å². The third-order valence-electron chi connectivity index (χ3n) is 1.67. The monoisotopic (exact) mass is 210 g/mol. The Morgan fingerprint density at radius 3 is 2.27 bits per heavy atom. The molecule has 0 aromatic heterocycles. The molecule has 1 atom stereocenters. The van der Waals surface area contributed by atoms with Crippen LogP contribution in [0.3, 0.4) is 0 Å². The molecule has 80 valence electrons. The lowest BCUT2D eigenvalue weighted by Gasteiger charge is -2.18. The number of carboxylic acids is 1. The highest BCUT2D eigenvalue weighted by atomic mass is 16.4. The summed E-state index contributed by atoms with van der Waals surface area (Å²) in [5.41, 5.74) is 5.13. The SMILES string of the molecule is NC(O)(NC(=O)c1ccccc1)C(=O)O. The molecule has 1 amide bonds. The predicted octanol–water partition coefficient (Wildman–Crippen LogP) is -0.894. The Kier molecular flexibility index (Phi) is 3.03. The molecule has 1 unspecified atom stereocenters. The first-order valence-electron chi connectivity index (χ1n) is 4.05. The zero-order chi connectivity index (χ0) is 11.5. The molecule has 6 heteroatoms. The quantitative estimate of drug-likeness (QED) is 0.483. The minimum atomic E-state index is -2.76. The van der Waals surface area contributed by atoms with E-state index in [1.165, 1.54) is 12.1 Å². The van der Waals surface area contributed by atoms with Crippen molar-refractivity contribution in [1.29, 1.82) is 0 Å². The van der Waals surface area contributed by atoms with Crippen LogP contribution >= 0.6 is 0 Å². The summed E-state index contributed by atoms with van der Waals surface area (Å²) in [4.78, 5) is 21.7. The van der Waals surface area contributed by atoms with E-state index in [4.69, 9.17) is 15.9 Å². The Labute approximate surface area is 85.3 Å². The van der Waals surface area contributed by atoms with Crippen molar-refractivity contribution in [3.05, 3.63) is 35.9 Å². The Balaban J connectivity index is 2.77. The van der Waals surface area contributed by atoms with E-state index in [0.717, 1.165) is 0 Å². The van der Waals surface area contributed by atoms with Crippen molar-refractivity contribution >= 4 is 11.9 Å². The van der Waals surface area contributed by atoms with Gasteiger partial charge in [-0.05, 0) is 12.1 Å². The molecular formula is C9H10N2O4. The highest BCUT2D eigenvalue weighted by Crippen LogP contribution is 2.00. The Bertz CT molecular complexity index is 375. The number of nitrogens with one attached hydrogen (secondary N) is 1. The maximum absolute atomic E-state index is 11.4. The Morgan fingerprint density at radius 2 is 1.80 bits per heavy atom. The third-order valence-corrected chi connectivity index (χ3v) is 1.67. The van der Waals surface area contributed by atoms with E-state index in [1.807, 2.05) is 0 Å². The molecule has 0 bridgehead atoms. The molecule has 0 spiro atoms. The summed E-state index contributed by atoms with van der Waals surface area (Å²) in [6.45, 7) is 0. The molecule has 0 radical (unpaired) electrons. The van der Waals surface area contributed by atoms with Gasteiger partial charge in [0.1, 0.15) is 0 Å². The van der Waals surface area contributed by atoms with Gasteiger partial charge in [0.2, 0.25) is 0 Å². The molecule has 5 N–H and O–H groups in total.